The van der Waals surface area contributed by atoms with Crippen molar-refractivity contribution < 1.29 is 4.74 Å². The van der Waals surface area contributed by atoms with Gasteiger partial charge in [0.25, 0.3) is 0 Å². The average Bonchev–Trinajstić information content (AvgIpc) is 2.18. The molecule has 2 N–H and O–H groups in total. The Hall–Kier alpha value is -0.510. The smallest absolute Gasteiger partial charge is 0.125 e. The van der Waals surface area contributed by atoms with Gasteiger partial charge in [0.2, 0.25) is 0 Å². The molecule has 1 aromatic rings. The van der Waals surface area contributed by atoms with Gasteiger partial charge in [0.05, 0.1) is 0 Å². The van der Waals surface area contributed by atoms with E-state index in [4.69, 9.17) is 22.1 Å². The number of nitrogens with two attached hydrogens (primary N) is 1. The van der Waals surface area contributed by atoms with Gasteiger partial charge in [-0.15, -0.1) is 0 Å². The van der Waals surface area contributed by atoms with Crippen LogP contribution >= 0.6 is 27.5 Å². The van der Waals surface area contributed by atoms with Crippen LogP contribution < -0.4 is 10.5 Å². The fourth-order valence-electron chi connectivity index (χ4n) is 1.18. The van der Waals surface area contributed by atoms with Crippen LogP contribution in [0.25, 0.3) is 0 Å². The average molecular weight is 291 g/mol. The van der Waals surface area contributed by atoms with E-state index in [1.807, 2.05) is 25.1 Å². The van der Waals surface area contributed by atoms with Crippen LogP contribution in [0.1, 0.15) is 18.5 Å². The van der Waals surface area contributed by atoms with Crippen LogP contribution in [-0.4, -0.2) is 6.61 Å². The molecule has 0 radical (unpaired) electrons. The van der Waals surface area contributed by atoms with Gasteiger partial charge >= 0.3 is 0 Å². The second-order valence-electron chi connectivity index (χ2n) is 3.14. The van der Waals surface area contributed by atoms with Crippen molar-refractivity contribution in [3.63, 3.8) is 0 Å². The summed E-state index contributed by atoms with van der Waals surface area (Å²) in [6.07, 6.45) is 1.73. The zero-order valence-corrected chi connectivity index (χ0v) is 10.8. The molecule has 0 heterocycles. The summed E-state index contributed by atoms with van der Waals surface area (Å²) in [5.74, 6) is 0.786. The largest absolute Gasteiger partial charge is 0.489 e. The molecule has 1 unspecified atom stereocenters. The van der Waals surface area contributed by atoms with E-state index in [9.17, 15) is 0 Å². The second-order valence-corrected chi connectivity index (χ2v) is 4.31. The molecule has 0 bridgehead atoms. The van der Waals surface area contributed by atoms with Gasteiger partial charge in [-0.25, -0.2) is 0 Å². The van der Waals surface area contributed by atoms with Crippen molar-refractivity contribution in [1.82, 2.24) is 0 Å². The first-order chi connectivity index (χ1) is 7.15. The Bertz CT molecular complexity index is 352. The number of hydrogen-bond acceptors (Lipinski definition) is 2. The molecule has 2 nitrogen and oxygen atoms in total. The first kappa shape index (κ1) is 12.6. The highest BCUT2D eigenvalue weighted by molar-refractivity contribution is 9.10. The molecule has 0 saturated heterocycles. The Morgan fingerprint density at radius 3 is 2.93 bits per heavy atom. The molecule has 1 atom stereocenters. The summed E-state index contributed by atoms with van der Waals surface area (Å²) in [6, 6.07) is 5.76. The number of halogens is 2. The summed E-state index contributed by atoms with van der Waals surface area (Å²) in [7, 11) is 0. The van der Waals surface area contributed by atoms with Crippen molar-refractivity contribution in [2.45, 2.75) is 13.0 Å². The highest BCUT2D eigenvalue weighted by Crippen LogP contribution is 2.27. The van der Waals surface area contributed by atoms with E-state index < -0.39 is 0 Å². The van der Waals surface area contributed by atoms with Gasteiger partial charge in [-0.2, -0.15) is 0 Å². The summed E-state index contributed by atoms with van der Waals surface area (Å²) >= 11 is 8.80. The van der Waals surface area contributed by atoms with Gasteiger partial charge in [-0.3, -0.25) is 0 Å². The van der Waals surface area contributed by atoms with Crippen molar-refractivity contribution >= 4 is 27.5 Å². The molecule has 0 aromatic heterocycles. The third-order valence-corrected chi connectivity index (χ3v) is 2.56. The highest BCUT2D eigenvalue weighted by Gasteiger charge is 2.07. The predicted octanol–water partition coefficient (Wildman–Crippen LogP) is 3.60. The van der Waals surface area contributed by atoms with Gasteiger partial charge in [0, 0.05) is 21.6 Å². The summed E-state index contributed by atoms with van der Waals surface area (Å²) < 4.78 is 6.51. The minimum absolute atomic E-state index is 0.0481. The molecule has 0 fully saturated rings. The summed E-state index contributed by atoms with van der Waals surface area (Å²) in [6.45, 7) is 2.37. The fourth-order valence-corrected chi connectivity index (χ4v) is 1.60. The van der Waals surface area contributed by atoms with E-state index in [0.29, 0.717) is 6.61 Å². The first-order valence-electron chi connectivity index (χ1n) is 4.58. The van der Waals surface area contributed by atoms with Crippen molar-refractivity contribution in [2.24, 2.45) is 5.73 Å². The van der Waals surface area contributed by atoms with E-state index in [-0.39, 0.29) is 6.04 Å². The summed E-state index contributed by atoms with van der Waals surface area (Å²) in [5.41, 5.74) is 8.25. The summed E-state index contributed by atoms with van der Waals surface area (Å²) in [4.78, 5) is 0. The minimum atomic E-state index is -0.0481. The SMILES string of the molecule is CC(N)c1ccc(Br)cc1OC/C=C/Cl. The van der Waals surface area contributed by atoms with Crippen molar-refractivity contribution in [1.29, 1.82) is 0 Å². The predicted molar refractivity (Wildman–Crippen MR) is 67.2 cm³/mol. The molecular weight excluding hydrogens is 277 g/mol. The zero-order valence-electron chi connectivity index (χ0n) is 8.41. The first-order valence-corrected chi connectivity index (χ1v) is 5.81. The van der Waals surface area contributed by atoms with E-state index in [2.05, 4.69) is 15.9 Å². The van der Waals surface area contributed by atoms with Gasteiger partial charge in [-0.1, -0.05) is 33.6 Å². The number of rotatable bonds is 4. The fraction of sp³-hybridized carbons (Fsp3) is 0.273. The maximum Gasteiger partial charge on any atom is 0.125 e. The van der Waals surface area contributed by atoms with Crippen molar-refractivity contribution in [3.05, 3.63) is 39.8 Å². The second kappa shape index (κ2) is 6.16. The quantitative estimate of drug-likeness (QED) is 0.919. The molecule has 1 aromatic carbocycles. The van der Waals surface area contributed by atoms with Gasteiger partial charge in [0.1, 0.15) is 12.4 Å². The Morgan fingerprint density at radius 1 is 1.60 bits per heavy atom. The monoisotopic (exact) mass is 289 g/mol. The van der Waals surface area contributed by atoms with Crippen LogP contribution in [0.4, 0.5) is 0 Å². The lowest BCUT2D eigenvalue weighted by atomic mass is 10.1. The maximum atomic E-state index is 5.83. The van der Waals surface area contributed by atoms with Crippen LogP contribution in [0, 0.1) is 0 Å². The van der Waals surface area contributed by atoms with E-state index in [1.54, 1.807) is 6.08 Å². The normalized spacial score (nSPS) is 13.1. The molecule has 0 spiro atoms. The Kier molecular flexibility index (Phi) is 5.15. The standard InChI is InChI=1S/C11H13BrClNO/c1-8(14)10-4-3-9(12)7-11(10)15-6-2-5-13/h2-5,7-8H,6,14H2,1H3/b5-2+. The van der Waals surface area contributed by atoms with Crippen LogP contribution in [0.5, 0.6) is 5.75 Å². The van der Waals surface area contributed by atoms with E-state index in [0.717, 1.165) is 15.8 Å². The van der Waals surface area contributed by atoms with Crippen LogP contribution in [0.2, 0.25) is 0 Å². The highest BCUT2D eigenvalue weighted by atomic mass is 79.9. The Labute approximate surface area is 103 Å². The topological polar surface area (TPSA) is 35.2 Å². The minimum Gasteiger partial charge on any atom is -0.489 e. The van der Waals surface area contributed by atoms with Crippen LogP contribution in [0.3, 0.4) is 0 Å². The van der Waals surface area contributed by atoms with Crippen molar-refractivity contribution in [3.8, 4) is 5.75 Å². The van der Waals surface area contributed by atoms with Crippen molar-refractivity contribution in [2.75, 3.05) is 6.61 Å². The number of benzene rings is 1. The molecule has 1 rings (SSSR count). The van der Waals surface area contributed by atoms with Crippen LogP contribution in [-0.2, 0) is 0 Å². The lowest BCUT2D eigenvalue weighted by Crippen LogP contribution is -2.08. The van der Waals surface area contributed by atoms with E-state index in [1.165, 1.54) is 5.54 Å². The molecule has 0 aliphatic carbocycles. The zero-order chi connectivity index (χ0) is 11.3. The Balaban J connectivity index is 2.86. The molecule has 0 amide bonds. The molecule has 4 heteroatoms. The Morgan fingerprint density at radius 2 is 2.33 bits per heavy atom. The number of hydrogen-bond donors (Lipinski definition) is 1. The van der Waals surface area contributed by atoms with E-state index >= 15 is 0 Å². The molecule has 15 heavy (non-hydrogen) atoms. The third kappa shape index (κ3) is 3.86. The third-order valence-electron chi connectivity index (χ3n) is 1.89. The summed E-state index contributed by atoms with van der Waals surface area (Å²) in [5, 5.41) is 0. The molecular formula is C11H13BrClNO. The molecule has 0 saturated carbocycles. The number of ether oxygens (including phenoxy) is 1. The lowest BCUT2D eigenvalue weighted by Gasteiger charge is -2.13. The maximum absolute atomic E-state index is 5.83. The molecule has 0 aliphatic heterocycles. The molecule has 82 valence electrons. The van der Waals surface area contributed by atoms with Gasteiger partial charge in [-0.05, 0) is 25.1 Å². The van der Waals surface area contributed by atoms with Gasteiger partial charge in [0.15, 0.2) is 0 Å². The van der Waals surface area contributed by atoms with Gasteiger partial charge < -0.3 is 10.5 Å². The lowest BCUT2D eigenvalue weighted by molar-refractivity contribution is 0.356. The van der Waals surface area contributed by atoms with Crippen LogP contribution in [0.15, 0.2) is 34.3 Å². The molecule has 0 aliphatic rings.